The summed E-state index contributed by atoms with van der Waals surface area (Å²) in [5.74, 6) is -0.537. The maximum Gasteiger partial charge on any atom is 0.415 e. The van der Waals surface area contributed by atoms with Gasteiger partial charge in [-0.05, 0) is 52.2 Å². The lowest BCUT2D eigenvalue weighted by atomic mass is 9.94. The summed E-state index contributed by atoms with van der Waals surface area (Å²) in [4.78, 5) is 26.6. The van der Waals surface area contributed by atoms with Crippen LogP contribution in [-0.2, 0) is 14.3 Å². The molecule has 0 saturated carbocycles. The molecule has 0 N–H and O–H groups in total. The van der Waals surface area contributed by atoms with Gasteiger partial charge in [0.15, 0.2) is 0 Å². The number of methoxy groups -OCH3 is 1. The van der Waals surface area contributed by atoms with E-state index in [4.69, 9.17) is 9.47 Å². The van der Waals surface area contributed by atoms with Crippen molar-refractivity contribution in [2.75, 3.05) is 7.11 Å². The highest BCUT2D eigenvalue weighted by molar-refractivity contribution is 6.02. The first-order valence-electron chi connectivity index (χ1n) is 7.97. The van der Waals surface area contributed by atoms with E-state index in [1.54, 1.807) is 20.8 Å². The van der Waals surface area contributed by atoms with Crippen LogP contribution in [0, 0.1) is 0 Å². The second-order valence-electron chi connectivity index (χ2n) is 7.49. The SMILES string of the molecule is COC(=O)C1=C(c2ccccc2)CC(C)(C)N1C(=O)OC(C)(C)C. The standard InChI is InChI=1S/C19H25NO4/c1-18(2,3)24-17(22)20-15(16(21)23-6)14(12-19(20,4)5)13-10-8-7-9-11-13/h7-11H,12H2,1-6H3. The number of carbonyl (C=O) groups excluding carboxylic acids is 2. The maximum atomic E-state index is 12.7. The number of ether oxygens (including phenoxy) is 2. The van der Waals surface area contributed by atoms with Gasteiger partial charge in [0.1, 0.15) is 11.3 Å². The van der Waals surface area contributed by atoms with Crippen molar-refractivity contribution in [3.8, 4) is 0 Å². The van der Waals surface area contributed by atoms with E-state index in [9.17, 15) is 9.59 Å². The topological polar surface area (TPSA) is 55.8 Å². The molecule has 24 heavy (non-hydrogen) atoms. The van der Waals surface area contributed by atoms with Crippen LogP contribution in [0.4, 0.5) is 4.79 Å². The Morgan fingerprint density at radius 1 is 1.12 bits per heavy atom. The summed E-state index contributed by atoms with van der Waals surface area (Å²) in [7, 11) is 1.32. The summed E-state index contributed by atoms with van der Waals surface area (Å²) in [6.07, 6.45) is -0.000398. The van der Waals surface area contributed by atoms with Crippen LogP contribution < -0.4 is 0 Å². The Bertz CT molecular complexity index is 668. The van der Waals surface area contributed by atoms with Crippen LogP contribution >= 0.6 is 0 Å². The van der Waals surface area contributed by atoms with Crippen LogP contribution in [0.5, 0.6) is 0 Å². The summed E-state index contributed by atoms with van der Waals surface area (Å²) in [6, 6.07) is 9.56. The molecular weight excluding hydrogens is 306 g/mol. The van der Waals surface area contributed by atoms with Crippen molar-refractivity contribution in [2.45, 2.75) is 52.2 Å². The van der Waals surface area contributed by atoms with E-state index >= 15 is 0 Å². The molecule has 1 aromatic carbocycles. The molecule has 5 heteroatoms. The Kier molecular flexibility index (Phi) is 4.74. The Balaban J connectivity index is 2.55. The Morgan fingerprint density at radius 3 is 2.21 bits per heavy atom. The van der Waals surface area contributed by atoms with Gasteiger partial charge in [0.25, 0.3) is 0 Å². The van der Waals surface area contributed by atoms with E-state index in [1.807, 2.05) is 44.2 Å². The summed E-state index contributed by atoms with van der Waals surface area (Å²) in [5, 5.41) is 0. The summed E-state index contributed by atoms with van der Waals surface area (Å²) >= 11 is 0. The predicted molar refractivity (Wildman–Crippen MR) is 92.1 cm³/mol. The van der Waals surface area contributed by atoms with Crippen LogP contribution in [0.25, 0.3) is 5.57 Å². The zero-order valence-electron chi connectivity index (χ0n) is 15.2. The van der Waals surface area contributed by atoms with Crippen molar-refractivity contribution in [2.24, 2.45) is 0 Å². The first kappa shape index (κ1) is 18.0. The van der Waals surface area contributed by atoms with Crippen molar-refractivity contribution in [3.63, 3.8) is 0 Å². The Labute approximate surface area is 143 Å². The second kappa shape index (κ2) is 6.30. The molecular formula is C19H25NO4. The van der Waals surface area contributed by atoms with Gasteiger partial charge in [0.2, 0.25) is 0 Å². The summed E-state index contributed by atoms with van der Waals surface area (Å²) in [5.41, 5.74) is 0.708. The molecule has 0 aromatic heterocycles. The first-order valence-corrected chi connectivity index (χ1v) is 7.97. The van der Waals surface area contributed by atoms with E-state index in [1.165, 1.54) is 12.0 Å². The highest BCUT2D eigenvalue weighted by atomic mass is 16.6. The Morgan fingerprint density at radius 2 is 1.71 bits per heavy atom. The van der Waals surface area contributed by atoms with Crippen molar-refractivity contribution < 1.29 is 19.1 Å². The number of carbonyl (C=O) groups is 2. The fourth-order valence-corrected chi connectivity index (χ4v) is 2.87. The normalized spacial score (nSPS) is 17.0. The smallest absolute Gasteiger partial charge is 0.415 e. The third kappa shape index (κ3) is 3.61. The quantitative estimate of drug-likeness (QED) is 0.769. The molecule has 2 rings (SSSR count). The van der Waals surface area contributed by atoms with Gasteiger partial charge >= 0.3 is 12.1 Å². The third-order valence-electron chi connectivity index (χ3n) is 3.80. The number of amides is 1. The number of nitrogens with zero attached hydrogens (tertiary/aromatic N) is 1. The van der Waals surface area contributed by atoms with E-state index in [0.29, 0.717) is 6.42 Å². The van der Waals surface area contributed by atoms with Gasteiger partial charge in [0, 0.05) is 0 Å². The summed E-state index contributed by atoms with van der Waals surface area (Å²) < 4.78 is 10.5. The van der Waals surface area contributed by atoms with E-state index < -0.39 is 23.2 Å². The van der Waals surface area contributed by atoms with Gasteiger partial charge in [-0.3, -0.25) is 4.90 Å². The zero-order chi connectivity index (χ0) is 18.1. The highest BCUT2D eigenvalue weighted by Gasteiger charge is 2.47. The van der Waals surface area contributed by atoms with Crippen LogP contribution in [-0.4, -0.2) is 35.2 Å². The van der Waals surface area contributed by atoms with Gasteiger partial charge in [-0.15, -0.1) is 0 Å². The fourth-order valence-electron chi connectivity index (χ4n) is 2.87. The van der Waals surface area contributed by atoms with Crippen molar-refractivity contribution in [1.29, 1.82) is 0 Å². The molecule has 0 radical (unpaired) electrons. The van der Waals surface area contributed by atoms with E-state index in [-0.39, 0.29) is 5.70 Å². The molecule has 0 saturated heterocycles. The number of benzene rings is 1. The maximum absolute atomic E-state index is 12.7. The minimum atomic E-state index is -0.649. The molecule has 0 fully saturated rings. The monoisotopic (exact) mass is 331 g/mol. The van der Waals surface area contributed by atoms with Gasteiger partial charge in [-0.25, -0.2) is 9.59 Å². The van der Waals surface area contributed by atoms with Crippen molar-refractivity contribution >= 4 is 17.6 Å². The van der Waals surface area contributed by atoms with Crippen molar-refractivity contribution in [1.82, 2.24) is 4.90 Å². The fraction of sp³-hybridized carbons (Fsp3) is 0.474. The number of hydrogen-bond donors (Lipinski definition) is 0. The minimum absolute atomic E-state index is 0.253. The highest BCUT2D eigenvalue weighted by Crippen LogP contribution is 2.43. The van der Waals surface area contributed by atoms with Crippen molar-refractivity contribution in [3.05, 3.63) is 41.6 Å². The van der Waals surface area contributed by atoms with E-state index in [0.717, 1.165) is 11.1 Å². The number of hydrogen-bond acceptors (Lipinski definition) is 4. The van der Waals surface area contributed by atoms with E-state index in [2.05, 4.69) is 0 Å². The molecule has 0 bridgehead atoms. The predicted octanol–water partition coefficient (Wildman–Crippen LogP) is 3.99. The van der Waals surface area contributed by atoms with Crippen LogP contribution in [0.2, 0.25) is 0 Å². The zero-order valence-corrected chi connectivity index (χ0v) is 15.2. The molecule has 1 aromatic rings. The minimum Gasteiger partial charge on any atom is -0.464 e. The lowest BCUT2D eigenvalue weighted by Gasteiger charge is -2.34. The molecule has 5 nitrogen and oxygen atoms in total. The summed E-state index contributed by atoms with van der Waals surface area (Å²) in [6.45, 7) is 9.22. The average molecular weight is 331 g/mol. The molecule has 0 aliphatic carbocycles. The largest absolute Gasteiger partial charge is 0.464 e. The Hall–Kier alpha value is -2.30. The molecule has 1 aliphatic heterocycles. The third-order valence-corrected chi connectivity index (χ3v) is 3.80. The number of rotatable bonds is 2. The number of esters is 1. The molecule has 1 heterocycles. The first-order chi connectivity index (χ1) is 11.1. The average Bonchev–Trinajstić information content (AvgIpc) is 2.77. The van der Waals surface area contributed by atoms with Gasteiger partial charge in [-0.2, -0.15) is 0 Å². The molecule has 0 spiro atoms. The van der Waals surface area contributed by atoms with Crippen LogP contribution in [0.1, 0.15) is 46.6 Å². The molecule has 0 atom stereocenters. The van der Waals surface area contributed by atoms with Crippen LogP contribution in [0.3, 0.4) is 0 Å². The molecule has 1 aliphatic rings. The second-order valence-corrected chi connectivity index (χ2v) is 7.49. The van der Waals surface area contributed by atoms with Gasteiger partial charge in [-0.1, -0.05) is 30.3 Å². The molecule has 0 unspecified atom stereocenters. The molecule has 1 amide bonds. The lowest BCUT2D eigenvalue weighted by molar-refractivity contribution is -0.138. The van der Waals surface area contributed by atoms with Crippen LogP contribution in [0.15, 0.2) is 36.0 Å². The molecule has 130 valence electrons. The van der Waals surface area contributed by atoms with Gasteiger partial charge < -0.3 is 9.47 Å². The van der Waals surface area contributed by atoms with Gasteiger partial charge in [0.05, 0.1) is 12.6 Å². The lowest BCUT2D eigenvalue weighted by Crippen LogP contribution is -2.47.